The van der Waals surface area contributed by atoms with E-state index in [9.17, 15) is 4.79 Å². The molecule has 0 bridgehead atoms. The van der Waals surface area contributed by atoms with Crippen molar-refractivity contribution in [1.29, 1.82) is 0 Å². The van der Waals surface area contributed by atoms with E-state index in [0.717, 1.165) is 5.56 Å². The van der Waals surface area contributed by atoms with E-state index in [1.807, 2.05) is 31.2 Å². The van der Waals surface area contributed by atoms with E-state index in [0.29, 0.717) is 40.4 Å². The molecule has 0 N–H and O–H groups in total. The Labute approximate surface area is 156 Å². The summed E-state index contributed by atoms with van der Waals surface area (Å²) in [7, 11) is 1.78. The number of furan rings is 1. The first-order valence-electron chi connectivity index (χ1n) is 8.65. The van der Waals surface area contributed by atoms with Gasteiger partial charge in [0.2, 0.25) is 0 Å². The van der Waals surface area contributed by atoms with Crippen molar-refractivity contribution < 1.29 is 13.7 Å². The van der Waals surface area contributed by atoms with Gasteiger partial charge in [0, 0.05) is 13.6 Å². The highest BCUT2D eigenvalue weighted by molar-refractivity contribution is 6.06. The molecule has 3 heterocycles. The van der Waals surface area contributed by atoms with E-state index in [4.69, 9.17) is 8.94 Å². The van der Waals surface area contributed by atoms with E-state index >= 15 is 0 Å². The molecule has 136 valence electrons. The second-order valence-electron chi connectivity index (χ2n) is 6.63. The molecule has 0 unspecified atom stereocenters. The number of hydrogen-bond donors (Lipinski definition) is 0. The fraction of sp³-hybridized carbons (Fsp3) is 0.190. The second kappa shape index (κ2) is 6.72. The van der Waals surface area contributed by atoms with E-state index < -0.39 is 0 Å². The Morgan fingerprint density at radius 3 is 2.63 bits per heavy atom. The fourth-order valence-corrected chi connectivity index (χ4v) is 3.06. The van der Waals surface area contributed by atoms with Crippen LogP contribution >= 0.6 is 0 Å². The molecule has 6 heteroatoms. The third-order valence-electron chi connectivity index (χ3n) is 4.51. The van der Waals surface area contributed by atoms with Gasteiger partial charge in [0.05, 0.1) is 22.9 Å². The number of aromatic nitrogens is 2. The van der Waals surface area contributed by atoms with Crippen LogP contribution in [0.5, 0.6) is 0 Å². The lowest BCUT2D eigenvalue weighted by Crippen LogP contribution is -2.26. The molecule has 0 radical (unpaired) electrons. The maximum atomic E-state index is 13.2. The van der Waals surface area contributed by atoms with Crippen molar-refractivity contribution in [3.63, 3.8) is 0 Å². The van der Waals surface area contributed by atoms with Gasteiger partial charge in [0.25, 0.3) is 11.6 Å². The Kier molecular flexibility index (Phi) is 4.24. The van der Waals surface area contributed by atoms with Crippen LogP contribution in [-0.4, -0.2) is 28.0 Å². The van der Waals surface area contributed by atoms with E-state index in [1.54, 1.807) is 43.3 Å². The molecule has 4 aromatic rings. The number of benzene rings is 1. The maximum Gasteiger partial charge on any atom is 0.259 e. The summed E-state index contributed by atoms with van der Waals surface area (Å²) < 4.78 is 10.7. The van der Waals surface area contributed by atoms with Crippen molar-refractivity contribution in [2.24, 2.45) is 0 Å². The molecule has 3 aromatic heterocycles. The number of aryl methyl sites for hydroxylation is 2. The zero-order chi connectivity index (χ0) is 19.0. The molecular formula is C21H19N3O3. The van der Waals surface area contributed by atoms with Gasteiger partial charge in [-0.1, -0.05) is 35.0 Å². The lowest BCUT2D eigenvalue weighted by Gasteiger charge is -2.18. The topological polar surface area (TPSA) is 72.4 Å². The van der Waals surface area contributed by atoms with Crippen LogP contribution in [0.4, 0.5) is 0 Å². The number of carbonyl (C=O) groups excluding carboxylic acids is 1. The van der Waals surface area contributed by atoms with Crippen molar-refractivity contribution >= 4 is 17.0 Å². The SMILES string of the molecule is Cc1ccc(CN(C)C(=O)c2cc(-c3ccco3)nc3onc(C)c23)cc1. The first-order valence-corrected chi connectivity index (χ1v) is 8.65. The summed E-state index contributed by atoms with van der Waals surface area (Å²) >= 11 is 0. The van der Waals surface area contributed by atoms with Crippen molar-refractivity contribution in [2.45, 2.75) is 20.4 Å². The Hall–Kier alpha value is -3.41. The molecule has 27 heavy (non-hydrogen) atoms. The van der Waals surface area contributed by atoms with Gasteiger partial charge in [-0.05, 0) is 37.6 Å². The predicted octanol–water partition coefficient (Wildman–Crippen LogP) is 4.37. The number of pyridine rings is 1. The summed E-state index contributed by atoms with van der Waals surface area (Å²) in [4.78, 5) is 19.3. The number of fused-ring (bicyclic) bond motifs is 1. The molecule has 0 fully saturated rings. The van der Waals surface area contributed by atoms with Gasteiger partial charge in [-0.3, -0.25) is 4.79 Å². The number of rotatable bonds is 4. The van der Waals surface area contributed by atoms with E-state index in [1.165, 1.54) is 5.56 Å². The Balaban J connectivity index is 1.73. The minimum atomic E-state index is -0.123. The van der Waals surface area contributed by atoms with Crippen LogP contribution in [0.25, 0.3) is 22.6 Å². The average molecular weight is 361 g/mol. The molecule has 6 nitrogen and oxygen atoms in total. The monoisotopic (exact) mass is 361 g/mol. The molecule has 1 amide bonds. The smallest absolute Gasteiger partial charge is 0.259 e. The molecule has 0 aliphatic heterocycles. The summed E-state index contributed by atoms with van der Waals surface area (Å²) in [5.74, 6) is 0.447. The second-order valence-corrected chi connectivity index (χ2v) is 6.63. The molecule has 0 saturated carbocycles. The van der Waals surface area contributed by atoms with Gasteiger partial charge >= 0.3 is 0 Å². The minimum Gasteiger partial charge on any atom is -0.463 e. The molecule has 0 saturated heterocycles. The van der Waals surface area contributed by atoms with Crippen LogP contribution in [0.3, 0.4) is 0 Å². The molecular weight excluding hydrogens is 342 g/mol. The van der Waals surface area contributed by atoms with Crippen LogP contribution in [0.1, 0.15) is 27.2 Å². The molecule has 4 rings (SSSR count). The summed E-state index contributed by atoms with van der Waals surface area (Å²) in [5.41, 5.74) is 4.25. The molecule has 0 aliphatic rings. The Morgan fingerprint density at radius 1 is 1.15 bits per heavy atom. The lowest BCUT2D eigenvalue weighted by atomic mass is 10.1. The maximum absolute atomic E-state index is 13.2. The standard InChI is InChI=1S/C21H19N3O3/c1-13-6-8-15(9-7-13)12-24(3)21(25)16-11-17(18-5-4-10-26-18)22-20-19(16)14(2)23-27-20/h4-11H,12H2,1-3H3. The zero-order valence-corrected chi connectivity index (χ0v) is 15.4. The number of carbonyl (C=O) groups is 1. The zero-order valence-electron chi connectivity index (χ0n) is 15.4. The van der Waals surface area contributed by atoms with Gasteiger partial charge in [-0.2, -0.15) is 0 Å². The highest BCUT2D eigenvalue weighted by Gasteiger charge is 2.22. The third-order valence-corrected chi connectivity index (χ3v) is 4.51. The fourth-order valence-electron chi connectivity index (χ4n) is 3.06. The lowest BCUT2D eigenvalue weighted by molar-refractivity contribution is 0.0787. The van der Waals surface area contributed by atoms with Gasteiger partial charge in [0.15, 0.2) is 5.76 Å². The normalized spacial score (nSPS) is 11.1. The summed E-state index contributed by atoms with van der Waals surface area (Å²) in [5, 5.41) is 4.61. The molecule has 0 aliphatic carbocycles. The third kappa shape index (κ3) is 3.21. The van der Waals surface area contributed by atoms with Crippen LogP contribution in [0.15, 0.2) is 57.7 Å². The molecule has 1 aromatic carbocycles. The van der Waals surface area contributed by atoms with Crippen LogP contribution in [-0.2, 0) is 6.54 Å². The van der Waals surface area contributed by atoms with Gasteiger partial charge < -0.3 is 13.8 Å². The van der Waals surface area contributed by atoms with Crippen molar-refractivity contribution in [2.75, 3.05) is 7.05 Å². The van der Waals surface area contributed by atoms with Gasteiger partial charge in [-0.15, -0.1) is 0 Å². The largest absolute Gasteiger partial charge is 0.463 e. The van der Waals surface area contributed by atoms with Crippen molar-refractivity contribution in [3.05, 3.63) is 71.1 Å². The summed E-state index contributed by atoms with van der Waals surface area (Å²) in [6.45, 7) is 4.34. The molecule has 0 atom stereocenters. The minimum absolute atomic E-state index is 0.123. The quantitative estimate of drug-likeness (QED) is 0.540. The van der Waals surface area contributed by atoms with Gasteiger partial charge in [-0.25, -0.2) is 4.98 Å². The highest BCUT2D eigenvalue weighted by atomic mass is 16.5. The Bertz CT molecular complexity index is 1100. The first-order chi connectivity index (χ1) is 13.0. The number of hydrogen-bond acceptors (Lipinski definition) is 5. The van der Waals surface area contributed by atoms with Crippen LogP contribution < -0.4 is 0 Å². The van der Waals surface area contributed by atoms with Crippen molar-refractivity contribution in [3.8, 4) is 11.5 Å². The summed E-state index contributed by atoms with van der Waals surface area (Å²) in [6, 6.07) is 13.4. The highest BCUT2D eigenvalue weighted by Crippen LogP contribution is 2.28. The average Bonchev–Trinajstić information content (AvgIpc) is 3.33. The Morgan fingerprint density at radius 2 is 1.93 bits per heavy atom. The predicted molar refractivity (Wildman–Crippen MR) is 101 cm³/mol. The van der Waals surface area contributed by atoms with Gasteiger partial charge in [0.1, 0.15) is 5.69 Å². The molecule has 0 spiro atoms. The van der Waals surface area contributed by atoms with Crippen LogP contribution in [0, 0.1) is 13.8 Å². The summed E-state index contributed by atoms with van der Waals surface area (Å²) in [6.07, 6.45) is 1.57. The van der Waals surface area contributed by atoms with E-state index in [-0.39, 0.29) is 5.91 Å². The first kappa shape index (κ1) is 17.0. The number of amides is 1. The van der Waals surface area contributed by atoms with Crippen molar-refractivity contribution in [1.82, 2.24) is 15.0 Å². The van der Waals surface area contributed by atoms with Crippen LogP contribution in [0.2, 0.25) is 0 Å². The van der Waals surface area contributed by atoms with E-state index in [2.05, 4.69) is 10.1 Å². The number of nitrogens with zero attached hydrogens (tertiary/aromatic N) is 3.